The number of carbonyl (C=O) groups is 3. The average Bonchev–Trinajstić information content (AvgIpc) is 3.88. The molecule has 0 unspecified atom stereocenters. The topological polar surface area (TPSA) is 121 Å². The Bertz CT molecular complexity index is 1940. The molecule has 3 aliphatic rings. The minimum Gasteiger partial charge on any atom is -0.464 e. The number of nitrogens with zero attached hydrogens (tertiary/aromatic N) is 5. The first-order chi connectivity index (χ1) is 27.2. The summed E-state index contributed by atoms with van der Waals surface area (Å²) >= 11 is 3.75. The van der Waals surface area contributed by atoms with Crippen LogP contribution >= 0.6 is 15.9 Å². The van der Waals surface area contributed by atoms with Crippen LogP contribution in [0.4, 0.5) is 5.69 Å². The number of carbonyl (C=O) groups excluding carboxylic acids is 3. The molecule has 2 amide bonds. The quantitative estimate of drug-likeness (QED) is 0.121. The molecular weight excluding hydrogens is 786 g/mol. The van der Waals surface area contributed by atoms with Crippen molar-refractivity contribution in [2.45, 2.75) is 97.9 Å². The third-order valence-corrected chi connectivity index (χ3v) is 12.4. The first kappa shape index (κ1) is 42.8. The van der Waals surface area contributed by atoms with Crippen LogP contribution < -0.4 is 15.6 Å². The third-order valence-electron chi connectivity index (χ3n) is 11.9. The first-order valence-electron chi connectivity index (χ1n) is 20.7. The third kappa shape index (κ3) is 9.92. The van der Waals surface area contributed by atoms with E-state index < -0.39 is 23.5 Å². The standard InChI is InChI=1S/C44H62BrN7O5/c1-9-11-13-36(47-41(53)32-22-28(32)3)42(54)52-17-12-14-37(48-52)43(55)57-27-44(5,6)25-35-33-23-30(45)15-16-38(33)51(10-2)40(35)34-24-31(26-46-39(34)29(4)56-8)50-20-18-49(7)19-21-50/h9,15-16,23-24,26,28-29,32,36-37,48H,1,10-14,17-22,25,27H2,2-8H3,(H,47,53)/t28-,29-,32-,36-,37-/m0/s1. The van der Waals surface area contributed by atoms with Gasteiger partial charge in [0.2, 0.25) is 5.91 Å². The summed E-state index contributed by atoms with van der Waals surface area (Å²) in [5, 5.41) is 5.61. The van der Waals surface area contributed by atoms with Crippen molar-refractivity contribution in [3.05, 3.63) is 58.8 Å². The molecule has 5 atom stereocenters. The van der Waals surface area contributed by atoms with Crippen LogP contribution in [0.3, 0.4) is 0 Å². The van der Waals surface area contributed by atoms with Gasteiger partial charge >= 0.3 is 5.97 Å². The Labute approximate surface area is 346 Å². The number of esters is 1. The Kier molecular flexibility index (Phi) is 13.8. The number of rotatable bonds is 16. The number of ether oxygens (including phenoxy) is 2. The molecule has 1 saturated carbocycles. The van der Waals surface area contributed by atoms with E-state index in [2.05, 4.69) is 99.7 Å². The molecule has 1 aliphatic carbocycles. The van der Waals surface area contributed by atoms with E-state index in [0.29, 0.717) is 44.6 Å². The predicted molar refractivity (Wildman–Crippen MR) is 229 cm³/mol. The lowest BCUT2D eigenvalue weighted by Crippen LogP contribution is -2.60. The number of hydrogen-bond donors (Lipinski definition) is 2. The van der Waals surface area contributed by atoms with Gasteiger partial charge in [-0.05, 0) is 95.2 Å². The van der Waals surface area contributed by atoms with Gasteiger partial charge in [-0.15, -0.1) is 6.58 Å². The molecule has 2 aliphatic heterocycles. The number of methoxy groups -OCH3 is 1. The van der Waals surface area contributed by atoms with Gasteiger partial charge in [-0.3, -0.25) is 24.4 Å². The summed E-state index contributed by atoms with van der Waals surface area (Å²) in [6.07, 6.45) is 7.20. The van der Waals surface area contributed by atoms with Crippen molar-refractivity contribution < 1.29 is 23.9 Å². The molecule has 2 saturated heterocycles. The number of amides is 2. The van der Waals surface area contributed by atoms with E-state index in [1.165, 1.54) is 5.01 Å². The molecule has 57 heavy (non-hydrogen) atoms. The molecular formula is C44H62BrN7O5. The first-order valence-corrected chi connectivity index (χ1v) is 21.5. The van der Waals surface area contributed by atoms with Crippen LogP contribution in [0.25, 0.3) is 22.2 Å². The van der Waals surface area contributed by atoms with Gasteiger partial charge in [-0.2, -0.15) is 0 Å². The van der Waals surface area contributed by atoms with Gasteiger partial charge in [0.05, 0.1) is 36.0 Å². The summed E-state index contributed by atoms with van der Waals surface area (Å²) in [7, 11) is 3.88. The summed E-state index contributed by atoms with van der Waals surface area (Å²) in [5.41, 5.74) is 9.11. The number of hydrazine groups is 1. The van der Waals surface area contributed by atoms with E-state index in [1.54, 1.807) is 13.2 Å². The van der Waals surface area contributed by atoms with Crippen molar-refractivity contribution in [2.24, 2.45) is 17.3 Å². The van der Waals surface area contributed by atoms with Crippen molar-refractivity contribution in [3.63, 3.8) is 0 Å². The Morgan fingerprint density at radius 2 is 1.89 bits per heavy atom. The number of aryl methyl sites for hydroxylation is 1. The van der Waals surface area contributed by atoms with Crippen LogP contribution in [-0.2, 0) is 36.8 Å². The van der Waals surface area contributed by atoms with Gasteiger partial charge in [0.1, 0.15) is 12.1 Å². The number of fused-ring (bicyclic) bond motifs is 1. The average molecular weight is 849 g/mol. The number of aromatic nitrogens is 2. The van der Waals surface area contributed by atoms with E-state index in [9.17, 15) is 14.4 Å². The number of pyridine rings is 1. The highest BCUT2D eigenvalue weighted by Gasteiger charge is 2.41. The molecule has 0 radical (unpaired) electrons. The van der Waals surface area contributed by atoms with Gasteiger partial charge in [0.25, 0.3) is 5.91 Å². The summed E-state index contributed by atoms with van der Waals surface area (Å²) in [6.45, 7) is 19.5. The molecule has 6 rings (SSSR count). The van der Waals surface area contributed by atoms with Crippen molar-refractivity contribution in [1.29, 1.82) is 0 Å². The van der Waals surface area contributed by atoms with Gasteiger partial charge in [-0.25, -0.2) is 5.43 Å². The highest BCUT2D eigenvalue weighted by molar-refractivity contribution is 9.10. The molecule has 4 heterocycles. The summed E-state index contributed by atoms with van der Waals surface area (Å²) in [4.78, 5) is 50.1. The van der Waals surface area contributed by atoms with Gasteiger partial charge in [0, 0.05) is 78.7 Å². The van der Waals surface area contributed by atoms with E-state index in [4.69, 9.17) is 14.5 Å². The highest BCUT2D eigenvalue weighted by atomic mass is 79.9. The molecule has 3 aromatic rings. The number of hydrogen-bond acceptors (Lipinski definition) is 9. The van der Waals surface area contributed by atoms with E-state index in [0.717, 1.165) is 82.7 Å². The monoisotopic (exact) mass is 847 g/mol. The molecule has 1 aromatic carbocycles. The number of piperazine rings is 1. The maximum atomic E-state index is 13.7. The number of benzene rings is 1. The lowest BCUT2D eigenvalue weighted by molar-refractivity contribution is -0.155. The van der Waals surface area contributed by atoms with Crippen LogP contribution in [0, 0.1) is 17.3 Å². The minimum atomic E-state index is -0.686. The van der Waals surface area contributed by atoms with Crippen molar-refractivity contribution in [2.75, 3.05) is 58.4 Å². The normalized spacial score (nSPS) is 21.3. The zero-order chi connectivity index (χ0) is 41.0. The Balaban J connectivity index is 1.23. The van der Waals surface area contributed by atoms with Crippen molar-refractivity contribution in [1.82, 2.24) is 30.2 Å². The maximum Gasteiger partial charge on any atom is 0.324 e. The lowest BCUT2D eigenvalue weighted by Gasteiger charge is -2.35. The largest absolute Gasteiger partial charge is 0.464 e. The number of halogens is 1. The summed E-state index contributed by atoms with van der Waals surface area (Å²) in [6, 6.07) is 7.37. The number of nitrogens with one attached hydrogen (secondary N) is 2. The fraction of sp³-hybridized carbons (Fsp3) is 0.591. The molecule has 0 spiro atoms. The van der Waals surface area contributed by atoms with Crippen LogP contribution in [-0.4, -0.2) is 103 Å². The van der Waals surface area contributed by atoms with Gasteiger partial charge < -0.3 is 29.2 Å². The molecule has 3 fully saturated rings. The second-order valence-corrected chi connectivity index (χ2v) is 18.0. The zero-order valence-corrected chi connectivity index (χ0v) is 36.5. The molecule has 13 heteroatoms. The molecule has 2 aromatic heterocycles. The Morgan fingerprint density at radius 3 is 2.56 bits per heavy atom. The minimum absolute atomic E-state index is 0.0413. The molecule has 2 N–H and O–H groups in total. The van der Waals surface area contributed by atoms with Crippen LogP contribution in [0.1, 0.15) is 84.1 Å². The van der Waals surface area contributed by atoms with E-state index in [-0.39, 0.29) is 30.4 Å². The van der Waals surface area contributed by atoms with Crippen molar-refractivity contribution in [3.8, 4) is 11.3 Å². The van der Waals surface area contributed by atoms with Crippen molar-refractivity contribution >= 4 is 50.3 Å². The number of anilines is 1. The molecule has 0 bridgehead atoms. The van der Waals surface area contributed by atoms with Crippen LogP contribution in [0.5, 0.6) is 0 Å². The summed E-state index contributed by atoms with van der Waals surface area (Å²) in [5.74, 6) is -0.418. The second-order valence-electron chi connectivity index (χ2n) is 17.0. The predicted octanol–water partition coefficient (Wildman–Crippen LogP) is 6.66. The maximum absolute atomic E-state index is 13.7. The summed E-state index contributed by atoms with van der Waals surface area (Å²) < 4.78 is 15.4. The zero-order valence-electron chi connectivity index (χ0n) is 34.9. The fourth-order valence-electron chi connectivity index (χ4n) is 8.25. The molecule has 12 nitrogen and oxygen atoms in total. The smallest absolute Gasteiger partial charge is 0.324 e. The number of likely N-dealkylation sites (N-methyl/N-ethyl adjacent to an activating group) is 1. The lowest BCUT2D eigenvalue weighted by atomic mass is 9.84. The SMILES string of the molecule is C=CCC[C@H](NC(=O)[C@H]1C[C@@H]1C)C(=O)N1CCC[C@@H](C(=O)OCC(C)(C)Cc2c(-c3cc(N4CCN(C)CC4)cnc3[C@H](C)OC)n(CC)c3ccc(Br)cc23)N1. The Morgan fingerprint density at radius 1 is 1.16 bits per heavy atom. The molecule has 310 valence electrons. The van der Waals surface area contributed by atoms with Gasteiger partial charge in [0.15, 0.2) is 0 Å². The number of allylic oxidation sites excluding steroid dienone is 1. The van der Waals surface area contributed by atoms with Crippen LogP contribution in [0.2, 0.25) is 0 Å². The fourth-order valence-corrected chi connectivity index (χ4v) is 8.61. The van der Waals surface area contributed by atoms with E-state index in [1.807, 2.05) is 20.0 Å². The Hall–Kier alpha value is -3.78. The van der Waals surface area contributed by atoms with Gasteiger partial charge in [-0.1, -0.05) is 42.8 Å². The second kappa shape index (κ2) is 18.4. The van der Waals surface area contributed by atoms with Crippen LogP contribution in [0.15, 0.2) is 47.6 Å². The van der Waals surface area contributed by atoms with E-state index >= 15 is 0 Å². The highest BCUT2D eigenvalue weighted by Crippen LogP contribution is 2.42.